The molecule has 5 aromatic rings. The predicted molar refractivity (Wildman–Crippen MR) is 165 cm³/mol. The van der Waals surface area contributed by atoms with Crippen LogP contribution in [0.4, 0.5) is 10.5 Å². The Bertz CT molecular complexity index is 1870. The van der Waals surface area contributed by atoms with Gasteiger partial charge < -0.3 is 24.1 Å². The number of aromatic amines is 1. The van der Waals surface area contributed by atoms with Crippen molar-refractivity contribution < 1.29 is 24.2 Å². The highest BCUT2D eigenvalue weighted by molar-refractivity contribution is 6.31. The van der Waals surface area contributed by atoms with E-state index in [0.717, 1.165) is 16.8 Å². The topological polar surface area (TPSA) is 179 Å². The highest BCUT2D eigenvalue weighted by Gasteiger charge is 2.28. The molecule has 0 bridgehead atoms. The molecule has 0 saturated carbocycles. The third kappa shape index (κ3) is 7.20. The highest BCUT2D eigenvalue weighted by Crippen LogP contribution is 2.34. The average Bonchev–Trinajstić information content (AvgIpc) is 3.78. The number of benzene rings is 1. The van der Waals surface area contributed by atoms with Crippen molar-refractivity contribution >= 4 is 41.5 Å². The number of nitrogens with zero attached hydrogens (tertiary/aromatic N) is 6. The Kier molecular flexibility index (Phi) is 9.87. The maximum Gasteiger partial charge on any atom is 0.411 e. The van der Waals surface area contributed by atoms with E-state index in [1.807, 2.05) is 12.1 Å². The van der Waals surface area contributed by atoms with E-state index in [0.29, 0.717) is 53.1 Å². The van der Waals surface area contributed by atoms with E-state index in [9.17, 15) is 9.59 Å². The van der Waals surface area contributed by atoms with Crippen LogP contribution in [0.15, 0.2) is 65.8 Å². The van der Waals surface area contributed by atoms with Crippen LogP contribution in [0.5, 0.6) is 0 Å². The zero-order valence-electron chi connectivity index (χ0n) is 23.7. The van der Waals surface area contributed by atoms with Crippen LogP contribution >= 0.6 is 23.2 Å². The monoisotopic (exact) mass is 652 g/mol. The van der Waals surface area contributed by atoms with Crippen molar-refractivity contribution in [3.05, 3.63) is 93.1 Å². The van der Waals surface area contributed by atoms with Crippen LogP contribution in [0.25, 0.3) is 28.2 Å². The lowest BCUT2D eigenvalue weighted by molar-refractivity contribution is -0.122. The number of hydrogen-bond donors (Lipinski definition) is 3. The molecule has 3 N–H and O–H groups in total. The number of methoxy groups -OCH3 is 1. The first-order valence-corrected chi connectivity index (χ1v) is 14.2. The number of anilines is 1. The van der Waals surface area contributed by atoms with Crippen LogP contribution in [0.1, 0.15) is 24.0 Å². The molecule has 232 valence electrons. The number of nitrogens with one attached hydrogen (secondary N) is 2. The summed E-state index contributed by atoms with van der Waals surface area (Å²) in [6.45, 7) is 0.216. The van der Waals surface area contributed by atoms with Gasteiger partial charge in [0.15, 0.2) is 5.15 Å². The van der Waals surface area contributed by atoms with E-state index >= 15 is 0 Å². The maximum absolute atomic E-state index is 13.5. The minimum absolute atomic E-state index is 0.152. The van der Waals surface area contributed by atoms with Gasteiger partial charge in [0.25, 0.3) is 12.0 Å². The van der Waals surface area contributed by atoms with Crippen LogP contribution in [0, 0.1) is 0 Å². The molecule has 5 heterocycles. The number of amides is 1. The molecule has 0 unspecified atom stereocenters. The van der Waals surface area contributed by atoms with Crippen molar-refractivity contribution in [3.8, 4) is 28.2 Å². The van der Waals surface area contributed by atoms with Gasteiger partial charge in [-0.2, -0.15) is 0 Å². The first kappa shape index (κ1) is 31.4. The maximum atomic E-state index is 13.5. The summed E-state index contributed by atoms with van der Waals surface area (Å²) in [5.41, 5.74) is 4.69. The van der Waals surface area contributed by atoms with Gasteiger partial charge in [-0.25, -0.2) is 14.5 Å². The lowest BCUT2D eigenvalue weighted by atomic mass is 10.0. The molecule has 4 aromatic heterocycles. The van der Waals surface area contributed by atoms with Crippen LogP contribution < -0.4 is 10.9 Å². The van der Waals surface area contributed by atoms with Gasteiger partial charge in [-0.05, 0) is 54.8 Å². The summed E-state index contributed by atoms with van der Waals surface area (Å²) in [6.07, 6.45) is 5.61. The van der Waals surface area contributed by atoms with Gasteiger partial charge in [0.2, 0.25) is 0 Å². The van der Waals surface area contributed by atoms with Gasteiger partial charge in [-0.15, -0.1) is 5.10 Å². The van der Waals surface area contributed by atoms with E-state index in [1.54, 1.807) is 52.0 Å². The molecular formula is C29H26Cl2N8O6. The molecule has 6 rings (SSSR count). The van der Waals surface area contributed by atoms with Gasteiger partial charge in [0, 0.05) is 29.5 Å². The number of carbonyl (C=O) groups excluding carboxylic acids is 1. The third-order valence-electron chi connectivity index (χ3n) is 6.83. The summed E-state index contributed by atoms with van der Waals surface area (Å²) >= 11 is 12.3. The fourth-order valence-electron chi connectivity index (χ4n) is 4.94. The van der Waals surface area contributed by atoms with Crippen molar-refractivity contribution in [2.75, 3.05) is 25.6 Å². The number of carboxylic acid groups (broad SMARTS) is 1. The van der Waals surface area contributed by atoms with Gasteiger partial charge in [0.05, 0.1) is 54.0 Å². The molecule has 14 nitrogen and oxygen atoms in total. The lowest BCUT2D eigenvalue weighted by Gasteiger charge is -2.15. The second-order valence-electron chi connectivity index (χ2n) is 9.62. The van der Waals surface area contributed by atoms with E-state index in [1.165, 1.54) is 13.3 Å². The fourth-order valence-corrected chi connectivity index (χ4v) is 5.24. The molecule has 1 aromatic carbocycles. The molecule has 45 heavy (non-hydrogen) atoms. The number of hydrogen-bond acceptors (Lipinski definition) is 9. The van der Waals surface area contributed by atoms with Gasteiger partial charge in [-0.1, -0.05) is 28.4 Å². The Balaban J connectivity index is 0.00000128. The number of fused-ring (bicyclic) bond motifs is 1. The normalized spacial score (nSPS) is 13.4. The summed E-state index contributed by atoms with van der Waals surface area (Å²) in [6, 6.07) is 12.2. The van der Waals surface area contributed by atoms with E-state index in [4.69, 9.17) is 42.6 Å². The first-order valence-electron chi connectivity index (χ1n) is 13.5. The minimum Gasteiger partial charge on any atom is -0.483 e. The van der Waals surface area contributed by atoms with Crippen molar-refractivity contribution in [2.24, 2.45) is 0 Å². The van der Waals surface area contributed by atoms with Gasteiger partial charge in [-0.3, -0.25) is 19.9 Å². The molecule has 1 amide bonds. The largest absolute Gasteiger partial charge is 0.483 e. The number of halogens is 2. The standard InChI is InChI=1S/C28H24Cl2N8O4.CH2O2/c1-41-8-9-42-28(40)33-18-3-5-21(31-13-18)22-14-32-27(34-22)24-7-4-19-10-16(11-26(39)38(19)24)20-12-17(29)2-6-23(20)37-15-25(30)35-36-37;2-1-3/h2-3,5-6,10-15,24H,4,7-9H2,1H3,(H,32,34)(H,33,40);1H,(H,2,3)/t24-;/m0./s1. The average molecular weight is 653 g/mol. The Morgan fingerprint density at radius 2 is 1.98 bits per heavy atom. The molecule has 16 heteroatoms. The first-order chi connectivity index (χ1) is 21.8. The number of ether oxygens (including phenoxy) is 2. The molecule has 1 atom stereocenters. The number of aromatic nitrogens is 7. The second kappa shape index (κ2) is 14.2. The van der Waals surface area contributed by atoms with E-state index in [-0.39, 0.29) is 29.8 Å². The van der Waals surface area contributed by atoms with Crippen LogP contribution in [-0.4, -0.2) is 72.5 Å². The molecule has 0 radical (unpaired) electrons. The number of aryl methyl sites for hydroxylation is 1. The van der Waals surface area contributed by atoms with Crippen LogP contribution in [0.3, 0.4) is 0 Å². The van der Waals surface area contributed by atoms with Gasteiger partial charge in [0.1, 0.15) is 12.4 Å². The molecule has 1 aliphatic rings. The Morgan fingerprint density at radius 3 is 2.69 bits per heavy atom. The van der Waals surface area contributed by atoms with Crippen molar-refractivity contribution in [2.45, 2.75) is 18.9 Å². The van der Waals surface area contributed by atoms with Crippen LogP contribution in [-0.2, 0) is 20.7 Å². The number of rotatable bonds is 8. The molecular weight excluding hydrogens is 627 g/mol. The molecule has 1 aliphatic heterocycles. The SMILES string of the molecule is COCCOC(=O)Nc1ccc(-c2cnc([C@@H]3CCc4cc(-c5cc(Cl)ccc5-n5cc(Cl)nn5)cc(=O)n43)[nH]2)nc1.O=CO. The molecule has 0 saturated heterocycles. The number of pyridine rings is 2. The Hall–Kier alpha value is -5.05. The second-order valence-corrected chi connectivity index (χ2v) is 10.4. The van der Waals surface area contributed by atoms with Crippen molar-refractivity contribution in [3.63, 3.8) is 0 Å². The third-order valence-corrected chi connectivity index (χ3v) is 7.24. The molecule has 0 fully saturated rings. The predicted octanol–water partition coefficient (Wildman–Crippen LogP) is 4.62. The van der Waals surface area contributed by atoms with Gasteiger partial charge >= 0.3 is 6.09 Å². The van der Waals surface area contributed by atoms with Crippen molar-refractivity contribution in [1.29, 1.82) is 0 Å². The summed E-state index contributed by atoms with van der Waals surface area (Å²) in [4.78, 5) is 46.0. The Labute approximate surface area is 265 Å². The number of carbonyl (C=O) groups is 2. The smallest absolute Gasteiger partial charge is 0.411 e. The number of imidazole rings is 1. The van der Waals surface area contributed by atoms with Crippen molar-refractivity contribution in [1.82, 2.24) is 34.5 Å². The van der Waals surface area contributed by atoms with E-state index < -0.39 is 6.09 Å². The molecule has 0 aliphatic carbocycles. The number of H-pyrrole nitrogens is 1. The summed E-state index contributed by atoms with van der Waals surface area (Å²) in [5, 5.41) is 18.2. The summed E-state index contributed by atoms with van der Waals surface area (Å²) < 4.78 is 13.2. The van der Waals surface area contributed by atoms with E-state index in [2.05, 4.69) is 30.6 Å². The lowest BCUT2D eigenvalue weighted by Crippen LogP contribution is -2.23. The molecule has 0 spiro atoms. The minimum atomic E-state index is -0.590. The Morgan fingerprint density at radius 1 is 1.16 bits per heavy atom. The fraction of sp³-hybridized carbons (Fsp3) is 0.207. The zero-order chi connectivity index (χ0) is 31.9. The summed E-state index contributed by atoms with van der Waals surface area (Å²) in [7, 11) is 1.53. The quantitative estimate of drug-likeness (QED) is 0.158. The zero-order valence-corrected chi connectivity index (χ0v) is 25.2. The van der Waals surface area contributed by atoms with Crippen LogP contribution in [0.2, 0.25) is 10.2 Å². The highest BCUT2D eigenvalue weighted by atomic mass is 35.5. The summed E-state index contributed by atoms with van der Waals surface area (Å²) in [5.74, 6) is 0.657.